The normalized spacial score (nSPS) is 21.1. The molecule has 4 nitrogen and oxygen atoms in total. The molecule has 2 amide bonds. The van der Waals surface area contributed by atoms with Crippen molar-refractivity contribution in [3.63, 3.8) is 0 Å². The second-order valence-corrected chi connectivity index (χ2v) is 8.18. The molecule has 2 aromatic rings. The van der Waals surface area contributed by atoms with Crippen LogP contribution in [0.3, 0.4) is 0 Å². The van der Waals surface area contributed by atoms with Crippen molar-refractivity contribution in [1.82, 2.24) is 10.2 Å². The lowest BCUT2D eigenvalue weighted by Crippen LogP contribution is -2.43. The largest absolute Gasteiger partial charge is 0.332 e. The Bertz CT molecular complexity index is 824. The summed E-state index contributed by atoms with van der Waals surface area (Å²) in [6, 6.07) is 14.5. The van der Waals surface area contributed by atoms with Crippen LogP contribution in [0.15, 0.2) is 48.5 Å². The van der Waals surface area contributed by atoms with Gasteiger partial charge < -0.3 is 10.2 Å². The first kappa shape index (κ1) is 19.2. The van der Waals surface area contributed by atoms with E-state index >= 15 is 0 Å². The lowest BCUT2D eigenvalue weighted by atomic mass is 9.90. The monoisotopic (exact) mass is 401 g/mol. The van der Waals surface area contributed by atoms with Crippen molar-refractivity contribution >= 4 is 23.3 Å². The molecule has 1 N–H and O–H groups in total. The molecule has 2 saturated heterocycles. The fourth-order valence-electron chi connectivity index (χ4n) is 4.23. The molecular formula is C22H25ClFN3O. The smallest absolute Gasteiger partial charge is 0.322 e. The zero-order chi connectivity index (χ0) is 19.5. The van der Waals surface area contributed by atoms with Gasteiger partial charge in [0.2, 0.25) is 0 Å². The van der Waals surface area contributed by atoms with E-state index in [0.717, 1.165) is 50.1 Å². The van der Waals surface area contributed by atoms with Crippen LogP contribution in [0.2, 0.25) is 5.02 Å². The third-order valence-corrected chi connectivity index (χ3v) is 6.11. The number of hydrogen-bond acceptors (Lipinski definition) is 2. The number of para-hydroxylation sites is 1. The maximum absolute atomic E-state index is 13.5. The molecule has 0 bridgehead atoms. The fraction of sp³-hybridized carbons (Fsp3) is 0.409. The van der Waals surface area contributed by atoms with Crippen LogP contribution < -0.4 is 10.2 Å². The molecule has 2 aliphatic rings. The molecule has 2 heterocycles. The van der Waals surface area contributed by atoms with Crippen molar-refractivity contribution in [2.24, 2.45) is 5.92 Å². The highest BCUT2D eigenvalue weighted by atomic mass is 35.5. The number of anilines is 1. The lowest BCUT2D eigenvalue weighted by molar-refractivity contribution is 0.173. The highest BCUT2D eigenvalue weighted by molar-refractivity contribution is 6.31. The minimum atomic E-state index is -0.225. The number of urea groups is 1. The molecule has 2 fully saturated rings. The molecule has 28 heavy (non-hydrogen) atoms. The average Bonchev–Trinajstić information content (AvgIpc) is 3.07. The third kappa shape index (κ3) is 4.47. The first-order valence-electron chi connectivity index (χ1n) is 9.88. The predicted octanol–water partition coefficient (Wildman–Crippen LogP) is 4.33. The van der Waals surface area contributed by atoms with Crippen LogP contribution in [-0.4, -0.2) is 43.2 Å². The van der Waals surface area contributed by atoms with E-state index in [-0.39, 0.29) is 17.9 Å². The Morgan fingerprint density at radius 3 is 2.61 bits per heavy atom. The summed E-state index contributed by atoms with van der Waals surface area (Å²) in [5, 5.41) is 3.75. The Labute approximate surface area is 170 Å². The zero-order valence-electron chi connectivity index (χ0n) is 15.8. The SMILES string of the molecule is O=C1NC(CN2CCC(Cc3cc(F)ccc3Cl)CC2)CN1c1ccccc1. The van der Waals surface area contributed by atoms with Gasteiger partial charge in [0.1, 0.15) is 5.82 Å². The van der Waals surface area contributed by atoms with E-state index in [1.807, 2.05) is 35.2 Å². The van der Waals surface area contributed by atoms with Gasteiger partial charge in [0.25, 0.3) is 0 Å². The number of carbonyl (C=O) groups excluding carboxylic acids is 1. The highest BCUT2D eigenvalue weighted by Gasteiger charge is 2.31. The third-order valence-electron chi connectivity index (χ3n) is 5.75. The van der Waals surface area contributed by atoms with E-state index in [9.17, 15) is 9.18 Å². The number of hydrogen-bond donors (Lipinski definition) is 1. The van der Waals surface area contributed by atoms with E-state index in [1.165, 1.54) is 6.07 Å². The summed E-state index contributed by atoms with van der Waals surface area (Å²) in [5.74, 6) is 0.298. The predicted molar refractivity (Wildman–Crippen MR) is 110 cm³/mol. The number of nitrogens with zero attached hydrogens (tertiary/aromatic N) is 2. The number of rotatable bonds is 5. The Hall–Kier alpha value is -2.11. The summed E-state index contributed by atoms with van der Waals surface area (Å²) >= 11 is 6.21. The Morgan fingerprint density at radius 2 is 1.86 bits per heavy atom. The lowest BCUT2D eigenvalue weighted by Gasteiger charge is -2.33. The van der Waals surface area contributed by atoms with Gasteiger partial charge in [0, 0.05) is 23.8 Å². The van der Waals surface area contributed by atoms with Gasteiger partial charge in [-0.25, -0.2) is 9.18 Å². The van der Waals surface area contributed by atoms with E-state index in [0.29, 0.717) is 17.5 Å². The standard InChI is InChI=1S/C22H25ClFN3O/c23-21-7-6-18(24)13-17(21)12-16-8-10-26(11-9-16)14-19-15-27(22(28)25-19)20-4-2-1-3-5-20/h1-7,13,16,19H,8-12,14-15H2,(H,25,28). The quantitative estimate of drug-likeness (QED) is 0.809. The van der Waals surface area contributed by atoms with Crippen LogP contribution in [0.25, 0.3) is 0 Å². The number of likely N-dealkylation sites (tertiary alicyclic amines) is 1. The molecule has 1 unspecified atom stereocenters. The number of amides is 2. The van der Waals surface area contributed by atoms with Gasteiger partial charge in [0.15, 0.2) is 0 Å². The van der Waals surface area contributed by atoms with Crippen LogP contribution in [-0.2, 0) is 6.42 Å². The second kappa shape index (κ2) is 8.50. The molecule has 0 aliphatic carbocycles. The van der Waals surface area contributed by atoms with Crippen LogP contribution >= 0.6 is 11.6 Å². The molecule has 2 aliphatic heterocycles. The van der Waals surface area contributed by atoms with Gasteiger partial charge in [-0.05, 0) is 74.2 Å². The Kier molecular flexibility index (Phi) is 5.83. The average molecular weight is 402 g/mol. The molecule has 6 heteroatoms. The molecule has 0 radical (unpaired) electrons. The molecule has 0 aromatic heterocycles. The number of halogens is 2. The van der Waals surface area contributed by atoms with Crippen LogP contribution in [0.4, 0.5) is 14.9 Å². The summed E-state index contributed by atoms with van der Waals surface area (Å²) < 4.78 is 13.5. The summed E-state index contributed by atoms with van der Waals surface area (Å²) in [6.45, 7) is 3.55. The van der Waals surface area contributed by atoms with E-state index in [2.05, 4.69) is 10.2 Å². The Balaban J connectivity index is 1.27. The van der Waals surface area contributed by atoms with Gasteiger partial charge in [-0.3, -0.25) is 4.90 Å². The summed E-state index contributed by atoms with van der Waals surface area (Å²) in [4.78, 5) is 16.5. The zero-order valence-corrected chi connectivity index (χ0v) is 16.5. The van der Waals surface area contributed by atoms with Crippen molar-refractivity contribution in [3.05, 3.63) is 64.9 Å². The van der Waals surface area contributed by atoms with Crippen LogP contribution in [0.5, 0.6) is 0 Å². The topological polar surface area (TPSA) is 35.6 Å². The number of carbonyl (C=O) groups is 1. The van der Waals surface area contributed by atoms with Gasteiger partial charge >= 0.3 is 6.03 Å². The molecule has 4 rings (SSSR count). The maximum atomic E-state index is 13.5. The van der Waals surface area contributed by atoms with Crippen molar-refractivity contribution < 1.29 is 9.18 Å². The first-order chi connectivity index (χ1) is 13.6. The molecule has 0 saturated carbocycles. The molecule has 2 aromatic carbocycles. The van der Waals surface area contributed by atoms with Crippen LogP contribution in [0, 0.1) is 11.7 Å². The molecular weight excluding hydrogens is 377 g/mol. The second-order valence-electron chi connectivity index (χ2n) is 7.78. The van der Waals surface area contributed by atoms with Crippen molar-refractivity contribution in [3.8, 4) is 0 Å². The van der Waals surface area contributed by atoms with Gasteiger partial charge in [-0.15, -0.1) is 0 Å². The van der Waals surface area contributed by atoms with Crippen molar-refractivity contribution in [2.75, 3.05) is 31.1 Å². The number of piperidine rings is 1. The summed E-state index contributed by atoms with van der Waals surface area (Å²) in [5.41, 5.74) is 1.84. The fourth-order valence-corrected chi connectivity index (χ4v) is 4.43. The molecule has 0 spiro atoms. The van der Waals surface area contributed by atoms with E-state index < -0.39 is 0 Å². The van der Waals surface area contributed by atoms with Crippen molar-refractivity contribution in [2.45, 2.75) is 25.3 Å². The minimum absolute atomic E-state index is 0.0215. The minimum Gasteiger partial charge on any atom is -0.332 e. The van der Waals surface area contributed by atoms with Crippen molar-refractivity contribution in [1.29, 1.82) is 0 Å². The highest BCUT2D eigenvalue weighted by Crippen LogP contribution is 2.27. The van der Waals surface area contributed by atoms with Gasteiger partial charge in [-0.1, -0.05) is 29.8 Å². The van der Waals surface area contributed by atoms with Crippen LogP contribution in [0.1, 0.15) is 18.4 Å². The Morgan fingerprint density at radius 1 is 1.11 bits per heavy atom. The number of nitrogens with one attached hydrogen (secondary N) is 1. The summed E-state index contributed by atoms with van der Waals surface area (Å²) in [7, 11) is 0. The summed E-state index contributed by atoms with van der Waals surface area (Å²) in [6.07, 6.45) is 2.96. The molecule has 148 valence electrons. The first-order valence-corrected chi connectivity index (χ1v) is 10.3. The maximum Gasteiger partial charge on any atom is 0.322 e. The van der Waals surface area contributed by atoms with Gasteiger partial charge in [0.05, 0.1) is 6.04 Å². The van der Waals surface area contributed by atoms with E-state index in [1.54, 1.807) is 12.1 Å². The molecule has 1 atom stereocenters. The van der Waals surface area contributed by atoms with Gasteiger partial charge in [-0.2, -0.15) is 0 Å². The van der Waals surface area contributed by atoms with E-state index in [4.69, 9.17) is 11.6 Å². The number of benzene rings is 2.